The zero-order chi connectivity index (χ0) is 37.9. The van der Waals surface area contributed by atoms with Gasteiger partial charge in [0, 0.05) is 30.8 Å². The number of esters is 2. The topological polar surface area (TPSA) is 159 Å². The second-order valence-electron chi connectivity index (χ2n) is 15.6. The summed E-state index contributed by atoms with van der Waals surface area (Å²) in [4.78, 5) is 26.1. The van der Waals surface area contributed by atoms with Crippen molar-refractivity contribution in [2.24, 2.45) is 5.41 Å². The maximum atomic E-state index is 13.3. The number of aliphatic hydroxyl groups is 3. The number of methoxy groups -OCH3 is 1. The van der Waals surface area contributed by atoms with E-state index in [4.69, 9.17) is 33.2 Å². The smallest absolute Gasteiger partial charge is 0.330 e. The van der Waals surface area contributed by atoms with Gasteiger partial charge in [-0.05, 0) is 69.9 Å². The summed E-state index contributed by atoms with van der Waals surface area (Å²) in [5.74, 6) is -3.09. The highest BCUT2D eigenvalue weighted by atomic mass is 16.7. The summed E-state index contributed by atoms with van der Waals surface area (Å²) in [5.41, 5.74) is -0.939. The second-order valence-corrected chi connectivity index (χ2v) is 15.6. The van der Waals surface area contributed by atoms with Crippen LogP contribution in [0.15, 0.2) is 36.1 Å². The molecule has 4 aliphatic rings. The third-order valence-corrected chi connectivity index (χ3v) is 10.7. The summed E-state index contributed by atoms with van der Waals surface area (Å²) in [5, 5.41) is 34.6. The van der Waals surface area contributed by atoms with Gasteiger partial charge in [-0.2, -0.15) is 0 Å². The Balaban J connectivity index is 1.70. The Morgan fingerprint density at radius 1 is 1.02 bits per heavy atom. The van der Waals surface area contributed by atoms with Gasteiger partial charge in [-0.3, -0.25) is 4.79 Å². The number of fused-ring (bicyclic) bond motifs is 6. The van der Waals surface area contributed by atoms with Crippen molar-refractivity contribution in [3.63, 3.8) is 0 Å². The van der Waals surface area contributed by atoms with E-state index in [1.54, 1.807) is 32.9 Å². The molecule has 3 saturated heterocycles. The Labute approximate surface area is 309 Å². The maximum absolute atomic E-state index is 13.3. The quantitative estimate of drug-likeness (QED) is 0.115. The normalized spacial score (nSPS) is 36.5. The van der Waals surface area contributed by atoms with E-state index in [2.05, 4.69) is 13.5 Å². The van der Waals surface area contributed by atoms with Crippen LogP contribution in [-0.4, -0.2) is 102 Å². The van der Waals surface area contributed by atoms with Crippen molar-refractivity contribution < 1.29 is 58.1 Å². The minimum atomic E-state index is -2.19. The fourth-order valence-electron chi connectivity index (χ4n) is 7.63. The van der Waals surface area contributed by atoms with Crippen LogP contribution in [0.5, 0.6) is 0 Å². The largest absolute Gasteiger partial charge is 0.493 e. The van der Waals surface area contributed by atoms with Crippen LogP contribution in [0.3, 0.4) is 0 Å². The van der Waals surface area contributed by atoms with Gasteiger partial charge in [0.15, 0.2) is 12.4 Å². The fourth-order valence-corrected chi connectivity index (χ4v) is 7.63. The predicted octanol–water partition coefficient (Wildman–Crippen LogP) is 5.70. The molecule has 0 saturated carbocycles. The lowest BCUT2D eigenvalue weighted by molar-refractivity contribution is -0.327. The van der Waals surface area contributed by atoms with Crippen LogP contribution < -0.4 is 0 Å². The van der Waals surface area contributed by atoms with E-state index < -0.39 is 60.0 Å². The van der Waals surface area contributed by atoms with Crippen LogP contribution in [0.25, 0.3) is 0 Å². The molecule has 0 amide bonds. The zero-order valence-corrected chi connectivity index (χ0v) is 32.0. The average Bonchev–Trinajstić information content (AvgIpc) is 3.08. The number of unbranched alkanes of at least 4 members (excludes halogenated alkanes) is 4. The third kappa shape index (κ3) is 12.1. The van der Waals surface area contributed by atoms with E-state index in [9.17, 15) is 24.9 Å². The van der Waals surface area contributed by atoms with Crippen molar-refractivity contribution in [1.82, 2.24) is 0 Å². The van der Waals surface area contributed by atoms with Crippen molar-refractivity contribution in [3.05, 3.63) is 36.1 Å². The molecule has 4 heterocycles. The van der Waals surface area contributed by atoms with Gasteiger partial charge in [-0.25, -0.2) is 4.79 Å². The van der Waals surface area contributed by atoms with Crippen molar-refractivity contribution in [2.75, 3.05) is 13.7 Å². The molecule has 12 nitrogen and oxygen atoms in total. The molecule has 0 aliphatic carbocycles. The van der Waals surface area contributed by atoms with Gasteiger partial charge in [-0.15, -0.1) is 0 Å². The summed E-state index contributed by atoms with van der Waals surface area (Å²) in [6.07, 6.45) is 8.66. The van der Waals surface area contributed by atoms with Crippen LogP contribution in [0.2, 0.25) is 0 Å². The molecule has 0 aromatic carbocycles. The molecule has 0 aromatic rings. The number of hydrogen-bond acceptors (Lipinski definition) is 12. The molecular formula is C40H64O12. The summed E-state index contributed by atoms with van der Waals surface area (Å²) in [6, 6.07) is 0. The van der Waals surface area contributed by atoms with Crippen LogP contribution >= 0.6 is 0 Å². The van der Waals surface area contributed by atoms with Crippen LogP contribution in [-0.2, 0) is 42.7 Å². The van der Waals surface area contributed by atoms with Crippen LogP contribution in [0.1, 0.15) is 124 Å². The number of rotatable bonds is 9. The molecule has 10 atom stereocenters. The Hall–Kier alpha value is -2.32. The first kappa shape index (κ1) is 42.4. The van der Waals surface area contributed by atoms with E-state index in [-0.39, 0.29) is 44.0 Å². The lowest BCUT2D eigenvalue weighted by Crippen LogP contribution is -2.62. The molecule has 0 radical (unpaired) electrons. The minimum absolute atomic E-state index is 0.0184. The summed E-state index contributed by atoms with van der Waals surface area (Å²) < 4.78 is 42.4. The highest BCUT2D eigenvalue weighted by Crippen LogP contribution is 2.47. The van der Waals surface area contributed by atoms with Crippen LogP contribution in [0, 0.1) is 5.41 Å². The van der Waals surface area contributed by atoms with Gasteiger partial charge in [0.1, 0.15) is 6.10 Å². The van der Waals surface area contributed by atoms with Crippen LogP contribution in [0.4, 0.5) is 0 Å². The summed E-state index contributed by atoms with van der Waals surface area (Å²) in [6.45, 7) is 11.7. The minimum Gasteiger partial charge on any atom is -0.493 e. The first-order chi connectivity index (χ1) is 24.7. The number of ether oxygens (including phenoxy) is 7. The predicted molar refractivity (Wildman–Crippen MR) is 193 cm³/mol. The highest BCUT2D eigenvalue weighted by Gasteiger charge is 2.57. The van der Waals surface area contributed by atoms with Crippen molar-refractivity contribution in [3.8, 4) is 0 Å². The lowest BCUT2D eigenvalue weighted by atomic mass is 9.74. The maximum Gasteiger partial charge on any atom is 0.330 e. The molecule has 52 heavy (non-hydrogen) atoms. The van der Waals surface area contributed by atoms with Gasteiger partial charge >= 0.3 is 11.9 Å². The standard InChI is InChI=1S/C40H64O12/c1-7-8-9-10-11-15-35(43)51-38-28(22-36(44)46-6)21-33-25-34(27(3)41)48-26(2)20-29(42)23-30-13-12-14-31(49-30)24-32-17-19-47-37(50-32)16-18-39(4,5)40(38,45)52-33/h16,18,22,27,29-34,37-38,41-42,45H,2,7-15,17,19-21,23-25H2,1,3-6H3/b18-16+,28-22+/t27-,29?,30+,31-,32+,33?,34?,37+,38+,40-/m1/s1. The molecule has 4 aliphatic heterocycles. The third-order valence-electron chi connectivity index (χ3n) is 10.7. The highest BCUT2D eigenvalue weighted by molar-refractivity contribution is 5.83. The van der Waals surface area contributed by atoms with Crippen molar-refractivity contribution in [2.45, 2.75) is 185 Å². The van der Waals surface area contributed by atoms with Gasteiger partial charge in [0.05, 0.1) is 56.1 Å². The molecule has 6 bridgehead atoms. The second kappa shape index (κ2) is 19.8. The molecule has 0 aromatic heterocycles. The van der Waals surface area contributed by atoms with Gasteiger partial charge in [0.25, 0.3) is 0 Å². The number of carbonyl (C=O) groups is 2. The molecule has 4 rings (SSSR count). The van der Waals surface area contributed by atoms with E-state index in [1.165, 1.54) is 13.2 Å². The Kier molecular flexibility index (Phi) is 16.2. The molecular weight excluding hydrogens is 672 g/mol. The molecule has 3 unspecified atom stereocenters. The van der Waals surface area contributed by atoms with E-state index in [1.807, 2.05) is 0 Å². The van der Waals surface area contributed by atoms with E-state index in [0.29, 0.717) is 43.6 Å². The van der Waals surface area contributed by atoms with E-state index >= 15 is 0 Å². The summed E-state index contributed by atoms with van der Waals surface area (Å²) in [7, 11) is 1.25. The van der Waals surface area contributed by atoms with Crippen molar-refractivity contribution >= 4 is 11.9 Å². The number of carbonyl (C=O) groups excluding carboxylic acids is 2. The van der Waals surface area contributed by atoms with Crippen molar-refractivity contribution in [1.29, 1.82) is 0 Å². The first-order valence-electron chi connectivity index (χ1n) is 19.4. The average molecular weight is 737 g/mol. The monoisotopic (exact) mass is 736 g/mol. The molecule has 296 valence electrons. The number of hydrogen-bond donors (Lipinski definition) is 3. The summed E-state index contributed by atoms with van der Waals surface area (Å²) >= 11 is 0. The van der Waals surface area contributed by atoms with Gasteiger partial charge in [-0.1, -0.05) is 59.1 Å². The molecule has 3 N–H and O–H groups in total. The van der Waals surface area contributed by atoms with Gasteiger partial charge < -0.3 is 48.5 Å². The fraction of sp³-hybridized carbons (Fsp3) is 0.800. The Morgan fingerprint density at radius 2 is 1.73 bits per heavy atom. The Morgan fingerprint density at radius 3 is 2.44 bits per heavy atom. The Bertz CT molecular complexity index is 1230. The number of aliphatic hydroxyl groups excluding tert-OH is 2. The molecule has 0 spiro atoms. The SMILES string of the molecule is C=C1CC(O)C[C@@H]2CCC[C@H](C[C@@H]3CCO[C@H](/C=C/C(C)(C)[C@]4(O)OC(C/C(=C\C(=O)OC)[C@@H]4OC(=O)CCCCCCC)CC([C@@H](C)O)O1)O3)O2. The molecule has 3 fully saturated rings. The lowest BCUT2D eigenvalue weighted by Gasteiger charge is -2.51. The first-order valence-corrected chi connectivity index (χ1v) is 19.4. The van der Waals surface area contributed by atoms with Gasteiger partial charge in [0.2, 0.25) is 5.79 Å². The molecule has 12 heteroatoms. The zero-order valence-electron chi connectivity index (χ0n) is 32.0. The van der Waals surface area contributed by atoms with E-state index in [0.717, 1.165) is 44.9 Å².